The average molecular weight is 364 g/mol. The average Bonchev–Trinajstić information content (AvgIpc) is 3.03. The second-order valence-corrected chi connectivity index (χ2v) is 7.26. The van der Waals surface area contributed by atoms with E-state index in [-0.39, 0.29) is 23.7 Å². The molecule has 6 heteroatoms. The van der Waals surface area contributed by atoms with Crippen LogP contribution < -0.4 is 10.6 Å². The first-order valence-electron chi connectivity index (χ1n) is 9.09. The van der Waals surface area contributed by atoms with Crippen molar-refractivity contribution < 1.29 is 9.18 Å². The molecular weight excluding hydrogens is 343 g/mol. The number of aromatic nitrogens is 2. The van der Waals surface area contributed by atoms with E-state index >= 15 is 0 Å². The van der Waals surface area contributed by atoms with Crippen molar-refractivity contribution in [2.45, 2.75) is 32.7 Å². The summed E-state index contributed by atoms with van der Waals surface area (Å²) in [5.41, 5.74) is 3.99. The summed E-state index contributed by atoms with van der Waals surface area (Å²) >= 11 is 0. The van der Waals surface area contributed by atoms with Crippen LogP contribution in [0.4, 0.5) is 15.9 Å². The SMILES string of the molecule is CC(C)C(=O)Nc1ccc2c(c1)CC(Nc1ncnc3ccc(F)cc13)C2. The van der Waals surface area contributed by atoms with Crippen LogP contribution in [0.3, 0.4) is 0 Å². The van der Waals surface area contributed by atoms with Crippen LogP contribution in [0.2, 0.25) is 0 Å². The van der Waals surface area contributed by atoms with Crippen LogP contribution in [0.1, 0.15) is 25.0 Å². The summed E-state index contributed by atoms with van der Waals surface area (Å²) in [6, 6.07) is 10.7. The number of halogens is 1. The van der Waals surface area contributed by atoms with E-state index in [0.29, 0.717) is 16.7 Å². The molecule has 2 N–H and O–H groups in total. The molecule has 1 amide bonds. The molecule has 1 atom stereocenters. The van der Waals surface area contributed by atoms with Crippen molar-refractivity contribution in [3.05, 3.63) is 59.7 Å². The number of carbonyl (C=O) groups is 1. The topological polar surface area (TPSA) is 66.9 Å². The number of hydrogen-bond donors (Lipinski definition) is 2. The number of fused-ring (bicyclic) bond motifs is 2. The number of anilines is 2. The van der Waals surface area contributed by atoms with E-state index in [9.17, 15) is 9.18 Å². The van der Waals surface area contributed by atoms with Crippen molar-refractivity contribution in [2.24, 2.45) is 5.92 Å². The van der Waals surface area contributed by atoms with Crippen LogP contribution in [-0.4, -0.2) is 21.9 Å². The first kappa shape index (κ1) is 17.4. The minimum absolute atomic E-state index is 0.0112. The van der Waals surface area contributed by atoms with Gasteiger partial charge in [0, 0.05) is 23.0 Å². The Bertz CT molecular complexity index is 1020. The summed E-state index contributed by atoms with van der Waals surface area (Å²) in [4.78, 5) is 20.4. The summed E-state index contributed by atoms with van der Waals surface area (Å²) < 4.78 is 13.6. The third kappa shape index (κ3) is 3.60. The van der Waals surface area contributed by atoms with Gasteiger partial charge in [0.25, 0.3) is 0 Å². The first-order valence-corrected chi connectivity index (χ1v) is 9.09. The van der Waals surface area contributed by atoms with Crippen LogP contribution in [0, 0.1) is 11.7 Å². The molecule has 138 valence electrons. The number of rotatable bonds is 4. The molecule has 1 aliphatic carbocycles. The molecule has 4 rings (SSSR count). The van der Waals surface area contributed by atoms with Crippen LogP contribution in [0.5, 0.6) is 0 Å². The predicted octanol–water partition coefficient (Wildman–Crippen LogP) is 3.94. The molecule has 0 radical (unpaired) electrons. The Morgan fingerprint density at radius 1 is 1.11 bits per heavy atom. The maximum atomic E-state index is 13.6. The van der Waals surface area contributed by atoms with Crippen LogP contribution >= 0.6 is 0 Å². The van der Waals surface area contributed by atoms with Crippen LogP contribution in [0.25, 0.3) is 10.9 Å². The van der Waals surface area contributed by atoms with Gasteiger partial charge >= 0.3 is 0 Å². The van der Waals surface area contributed by atoms with Crippen molar-refractivity contribution in [1.82, 2.24) is 9.97 Å². The summed E-state index contributed by atoms with van der Waals surface area (Å²) in [7, 11) is 0. The van der Waals surface area contributed by atoms with Crippen molar-refractivity contribution in [2.75, 3.05) is 10.6 Å². The fourth-order valence-corrected chi connectivity index (χ4v) is 3.42. The Morgan fingerprint density at radius 2 is 1.93 bits per heavy atom. The molecule has 0 aliphatic heterocycles. The van der Waals surface area contributed by atoms with E-state index in [1.807, 2.05) is 26.0 Å². The number of nitrogens with zero attached hydrogens (tertiary/aromatic N) is 2. The first-order chi connectivity index (χ1) is 13.0. The maximum absolute atomic E-state index is 13.6. The summed E-state index contributed by atoms with van der Waals surface area (Å²) in [5.74, 6) is 0.294. The van der Waals surface area contributed by atoms with Gasteiger partial charge in [0.1, 0.15) is 18.0 Å². The molecule has 1 heterocycles. The van der Waals surface area contributed by atoms with E-state index in [1.54, 1.807) is 6.07 Å². The third-order valence-corrected chi connectivity index (χ3v) is 4.87. The molecule has 2 aromatic carbocycles. The highest BCUT2D eigenvalue weighted by molar-refractivity contribution is 5.92. The molecule has 1 aromatic heterocycles. The third-order valence-electron chi connectivity index (χ3n) is 4.87. The van der Waals surface area contributed by atoms with Gasteiger partial charge in [0.15, 0.2) is 0 Å². The van der Waals surface area contributed by atoms with Gasteiger partial charge in [-0.3, -0.25) is 4.79 Å². The standard InChI is InChI=1S/C21H21FN4O/c1-12(2)21(27)26-16-5-3-13-7-17(9-14(13)8-16)25-20-18-10-15(22)4-6-19(18)23-11-24-20/h3-6,8,10-12,17H,7,9H2,1-2H3,(H,26,27)(H,23,24,25). The lowest BCUT2D eigenvalue weighted by molar-refractivity contribution is -0.118. The van der Waals surface area contributed by atoms with Gasteiger partial charge in [-0.25, -0.2) is 14.4 Å². The zero-order chi connectivity index (χ0) is 19.0. The van der Waals surface area contributed by atoms with E-state index < -0.39 is 0 Å². The number of nitrogens with one attached hydrogen (secondary N) is 2. The molecule has 5 nitrogen and oxygen atoms in total. The summed E-state index contributed by atoms with van der Waals surface area (Å²) in [5, 5.41) is 7.05. The lowest BCUT2D eigenvalue weighted by atomic mass is 10.1. The van der Waals surface area contributed by atoms with Crippen molar-refractivity contribution in [3.8, 4) is 0 Å². The molecular formula is C21H21FN4O. The fraction of sp³-hybridized carbons (Fsp3) is 0.286. The lowest BCUT2D eigenvalue weighted by Crippen LogP contribution is -2.20. The molecule has 1 aliphatic rings. The zero-order valence-corrected chi connectivity index (χ0v) is 15.3. The molecule has 0 spiro atoms. The van der Waals surface area contributed by atoms with Gasteiger partial charge in [-0.15, -0.1) is 0 Å². The van der Waals surface area contributed by atoms with Crippen LogP contribution in [0.15, 0.2) is 42.7 Å². The summed E-state index contributed by atoms with van der Waals surface area (Å²) in [6.45, 7) is 3.75. The van der Waals surface area contributed by atoms with Gasteiger partial charge in [0.2, 0.25) is 5.91 Å². The van der Waals surface area contributed by atoms with E-state index in [0.717, 1.165) is 18.5 Å². The Morgan fingerprint density at radius 3 is 2.74 bits per heavy atom. The number of carbonyl (C=O) groups excluding carboxylic acids is 1. The van der Waals surface area contributed by atoms with E-state index in [4.69, 9.17) is 0 Å². The molecule has 0 bridgehead atoms. The smallest absolute Gasteiger partial charge is 0.226 e. The number of amides is 1. The minimum Gasteiger partial charge on any atom is -0.366 e. The predicted molar refractivity (Wildman–Crippen MR) is 104 cm³/mol. The highest BCUT2D eigenvalue weighted by Crippen LogP contribution is 2.29. The normalized spacial score (nSPS) is 15.8. The van der Waals surface area contributed by atoms with Crippen molar-refractivity contribution in [1.29, 1.82) is 0 Å². The van der Waals surface area contributed by atoms with Gasteiger partial charge in [-0.2, -0.15) is 0 Å². The van der Waals surface area contributed by atoms with E-state index in [1.165, 1.54) is 29.6 Å². The number of benzene rings is 2. The summed E-state index contributed by atoms with van der Waals surface area (Å²) in [6.07, 6.45) is 3.17. The fourth-order valence-electron chi connectivity index (χ4n) is 3.42. The van der Waals surface area contributed by atoms with Crippen LogP contribution in [-0.2, 0) is 17.6 Å². The largest absolute Gasteiger partial charge is 0.366 e. The zero-order valence-electron chi connectivity index (χ0n) is 15.3. The van der Waals surface area contributed by atoms with E-state index in [2.05, 4.69) is 26.7 Å². The molecule has 0 saturated carbocycles. The Kier molecular flexibility index (Phi) is 4.48. The molecule has 27 heavy (non-hydrogen) atoms. The maximum Gasteiger partial charge on any atom is 0.226 e. The molecule has 0 fully saturated rings. The highest BCUT2D eigenvalue weighted by atomic mass is 19.1. The second kappa shape index (κ2) is 6.95. The highest BCUT2D eigenvalue weighted by Gasteiger charge is 2.23. The monoisotopic (exact) mass is 364 g/mol. The number of hydrogen-bond acceptors (Lipinski definition) is 4. The van der Waals surface area contributed by atoms with Crippen molar-refractivity contribution >= 4 is 28.3 Å². The Labute approximate surface area is 157 Å². The quantitative estimate of drug-likeness (QED) is 0.736. The van der Waals surface area contributed by atoms with Crippen molar-refractivity contribution in [3.63, 3.8) is 0 Å². The molecule has 1 unspecified atom stereocenters. The molecule has 3 aromatic rings. The van der Waals surface area contributed by atoms with Gasteiger partial charge in [0.05, 0.1) is 5.52 Å². The van der Waals surface area contributed by atoms with Gasteiger partial charge < -0.3 is 10.6 Å². The minimum atomic E-state index is -0.305. The van der Waals surface area contributed by atoms with Gasteiger partial charge in [-0.05, 0) is 54.3 Å². The molecule has 0 saturated heterocycles. The Hall–Kier alpha value is -3.02. The second-order valence-electron chi connectivity index (χ2n) is 7.26. The van der Waals surface area contributed by atoms with Gasteiger partial charge in [-0.1, -0.05) is 19.9 Å². The lowest BCUT2D eigenvalue weighted by Gasteiger charge is -2.14. The Balaban J connectivity index is 1.52.